The fraction of sp³-hybridized carbons (Fsp3) is 0.385. The molecule has 7 nitrogen and oxygen atoms in total. The van der Waals surface area contributed by atoms with E-state index < -0.39 is 0 Å². The van der Waals surface area contributed by atoms with Gasteiger partial charge in [0.1, 0.15) is 11.3 Å². The molecule has 0 bridgehead atoms. The topological polar surface area (TPSA) is 75.0 Å². The van der Waals surface area contributed by atoms with Crippen LogP contribution in [0.1, 0.15) is 23.6 Å². The minimum atomic E-state index is -0.344. The zero-order valence-electron chi connectivity index (χ0n) is 19.5. The predicted molar refractivity (Wildman–Crippen MR) is 130 cm³/mol. The van der Waals surface area contributed by atoms with Gasteiger partial charge in [-0.3, -0.25) is 14.6 Å². The fourth-order valence-electron chi connectivity index (χ4n) is 4.20. The van der Waals surface area contributed by atoms with E-state index >= 15 is 0 Å². The molecule has 1 aliphatic rings. The number of benzene rings is 2. The molecule has 2 aromatic carbocycles. The third-order valence-electron chi connectivity index (χ3n) is 6.00. The Bertz CT molecular complexity index is 1200. The van der Waals surface area contributed by atoms with Crippen LogP contribution in [0.4, 0.5) is 5.69 Å². The molecule has 0 spiro atoms. The summed E-state index contributed by atoms with van der Waals surface area (Å²) in [6.07, 6.45) is 0. The van der Waals surface area contributed by atoms with Crippen molar-refractivity contribution >= 4 is 22.6 Å². The average molecular weight is 450 g/mol. The van der Waals surface area contributed by atoms with Crippen LogP contribution >= 0.6 is 0 Å². The Hall–Kier alpha value is -3.16. The second-order valence-electron chi connectivity index (χ2n) is 8.60. The molecule has 174 valence electrons. The highest BCUT2D eigenvalue weighted by atomic mass is 16.5. The largest absolute Gasteiger partial charge is 0.494 e. The Morgan fingerprint density at radius 3 is 2.55 bits per heavy atom. The van der Waals surface area contributed by atoms with Gasteiger partial charge in [-0.15, -0.1) is 0 Å². The van der Waals surface area contributed by atoms with Gasteiger partial charge in [0, 0.05) is 49.9 Å². The Kier molecular flexibility index (Phi) is 7.11. The van der Waals surface area contributed by atoms with Gasteiger partial charge < -0.3 is 14.5 Å². The number of hydrogen-bond acceptors (Lipinski definition) is 6. The summed E-state index contributed by atoms with van der Waals surface area (Å²) >= 11 is 0. The monoisotopic (exact) mass is 449 g/mol. The van der Waals surface area contributed by atoms with Crippen LogP contribution in [0.2, 0.25) is 0 Å². The van der Waals surface area contributed by atoms with Crippen molar-refractivity contribution in [1.82, 2.24) is 9.80 Å². The number of fused-ring (bicyclic) bond motifs is 1. The number of amides is 1. The third-order valence-corrected chi connectivity index (χ3v) is 6.00. The van der Waals surface area contributed by atoms with Gasteiger partial charge in [-0.05, 0) is 61.7 Å². The first kappa shape index (κ1) is 23.0. The molecule has 1 amide bonds. The van der Waals surface area contributed by atoms with Crippen LogP contribution < -0.4 is 15.7 Å². The van der Waals surface area contributed by atoms with Crippen molar-refractivity contribution in [2.75, 3.05) is 44.6 Å². The van der Waals surface area contributed by atoms with Crippen molar-refractivity contribution in [1.29, 1.82) is 0 Å². The molecule has 0 radical (unpaired) electrons. The average Bonchev–Trinajstić information content (AvgIpc) is 2.78. The minimum absolute atomic E-state index is 0.00673. The van der Waals surface area contributed by atoms with E-state index in [9.17, 15) is 9.59 Å². The van der Waals surface area contributed by atoms with Crippen LogP contribution in [-0.2, 0) is 11.3 Å². The summed E-state index contributed by atoms with van der Waals surface area (Å²) in [6, 6.07) is 13.2. The minimum Gasteiger partial charge on any atom is -0.494 e. The molecular formula is C26H31N3O4. The quantitative estimate of drug-likeness (QED) is 0.556. The first-order chi connectivity index (χ1) is 15.9. The van der Waals surface area contributed by atoms with E-state index in [0.717, 1.165) is 59.7 Å². The molecule has 0 atom stereocenters. The van der Waals surface area contributed by atoms with Crippen LogP contribution in [0.25, 0.3) is 11.0 Å². The number of rotatable bonds is 7. The van der Waals surface area contributed by atoms with E-state index in [1.807, 2.05) is 51.1 Å². The standard InChI is InChI=1S/C26H31N3O4/c1-4-32-21-7-8-24-22(15-21)20(14-26(31)33-24)16-28-9-11-29(12-10-28)17-25(30)27-23-13-18(2)5-6-19(23)3/h5-8,13-15H,4,9-12,16-17H2,1-3H3,(H,27,30). The van der Waals surface area contributed by atoms with Gasteiger partial charge in [0.05, 0.1) is 13.2 Å². The first-order valence-corrected chi connectivity index (χ1v) is 11.4. The SMILES string of the molecule is CCOc1ccc2oc(=O)cc(CN3CCN(CC(=O)Nc4cc(C)ccc4C)CC3)c2c1. The van der Waals surface area contributed by atoms with Gasteiger partial charge >= 0.3 is 5.63 Å². The maximum absolute atomic E-state index is 12.6. The van der Waals surface area contributed by atoms with Crippen LogP contribution in [0, 0.1) is 13.8 Å². The molecule has 1 aromatic heterocycles. The number of carbonyl (C=O) groups is 1. The van der Waals surface area contributed by atoms with E-state index in [2.05, 4.69) is 15.1 Å². The number of aryl methyl sites for hydroxylation is 2. The van der Waals surface area contributed by atoms with Crippen molar-refractivity contribution < 1.29 is 13.9 Å². The summed E-state index contributed by atoms with van der Waals surface area (Å²) < 4.78 is 11.0. The van der Waals surface area contributed by atoms with Gasteiger partial charge in [-0.25, -0.2) is 4.79 Å². The van der Waals surface area contributed by atoms with Gasteiger partial charge in [-0.1, -0.05) is 12.1 Å². The molecule has 0 unspecified atom stereocenters. The van der Waals surface area contributed by atoms with E-state index in [1.54, 1.807) is 12.1 Å². The van der Waals surface area contributed by atoms with Gasteiger partial charge in [0.15, 0.2) is 0 Å². The predicted octanol–water partition coefficient (Wildman–Crippen LogP) is 3.56. The number of piperazine rings is 1. The molecular weight excluding hydrogens is 418 g/mol. The lowest BCUT2D eigenvalue weighted by atomic mass is 10.1. The van der Waals surface area contributed by atoms with Gasteiger partial charge in [-0.2, -0.15) is 0 Å². The normalized spacial score (nSPS) is 15.0. The maximum atomic E-state index is 12.6. The highest BCUT2D eigenvalue weighted by molar-refractivity contribution is 5.93. The van der Waals surface area contributed by atoms with Crippen LogP contribution in [0.5, 0.6) is 5.75 Å². The zero-order valence-corrected chi connectivity index (χ0v) is 19.5. The summed E-state index contributed by atoms with van der Waals surface area (Å²) in [5.74, 6) is 0.770. The lowest BCUT2D eigenvalue weighted by Crippen LogP contribution is -2.48. The van der Waals surface area contributed by atoms with Crippen LogP contribution in [0.15, 0.2) is 51.7 Å². The number of anilines is 1. The van der Waals surface area contributed by atoms with Crippen molar-refractivity contribution in [2.45, 2.75) is 27.3 Å². The second kappa shape index (κ2) is 10.2. The summed E-state index contributed by atoms with van der Waals surface area (Å²) in [7, 11) is 0. The van der Waals surface area contributed by atoms with Crippen molar-refractivity contribution in [3.63, 3.8) is 0 Å². The smallest absolute Gasteiger partial charge is 0.336 e. The number of carbonyl (C=O) groups excluding carboxylic acids is 1. The van der Waals surface area contributed by atoms with Crippen LogP contribution in [0.3, 0.4) is 0 Å². The summed E-state index contributed by atoms with van der Waals surface area (Å²) in [4.78, 5) is 29.1. The lowest BCUT2D eigenvalue weighted by Gasteiger charge is -2.34. The molecule has 2 heterocycles. The molecule has 3 aromatic rings. The Balaban J connectivity index is 1.36. The lowest BCUT2D eigenvalue weighted by molar-refractivity contribution is -0.117. The van der Waals surface area contributed by atoms with E-state index in [1.165, 1.54) is 0 Å². The van der Waals surface area contributed by atoms with E-state index in [-0.39, 0.29) is 11.5 Å². The van der Waals surface area contributed by atoms with Crippen molar-refractivity contribution in [3.05, 3.63) is 69.6 Å². The maximum Gasteiger partial charge on any atom is 0.336 e. The molecule has 33 heavy (non-hydrogen) atoms. The molecule has 1 saturated heterocycles. The summed E-state index contributed by atoms with van der Waals surface area (Å²) in [6.45, 7) is 10.8. The van der Waals surface area contributed by atoms with Crippen LogP contribution in [-0.4, -0.2) is 55.0 Å². The molecule has 1 aliphatic heterocycles. The summed E-state index contributed by atoms with van der Waals surface area (Å²) in [5.41, 5.74) is 4.22. The van der Waals surface area contributed by atoms with Crippen molar-refractivity contribution in [2.24, 2.45) is 0 Å². The number of nitrogens with one attached hydrogen (secondary N) is 1. The molecule has 1 fully saturated rings. The molecule has 0 aliphatic carbocycles. The third kappa shape index (κ3) is 5.80. The van der Waals surface area contributed by atoms with E-state index in [4.69, 9.17) is 9.15 Å². The second-order valence-corrected chi connectivity index (χ2v) is 8.60. The highest BCUT2D eigenvalue weighted by Gasteiger charge is 2.20. The molecule has 1 N–H and O–H groups in total. The molecule has 4 rings (SSSR count). The van der Waals surface area contributed by atoms with E-state index in [0.29, 0.717) is 25.3 Å². The fourth-order valence-corrected chi connectivity index (χ4v) is 4.20. The van der Waals surface area contributed by atoms with Gasteiger partial charge in [0.25, 0.3) is 0 Å². The zero-order chi connectivity index (χ0) is 23.4. The van der Waals surface area contributed by atoms with Gasteiger partial charge in [0.2, 0.25) is 5.91 Å². The highest BCUT2D eigenvalue weighted by Crippen LogP contribution is 2.24. The summed E-state index contributed by atoms with van der Waals surface area (Å²) in [5, 5.41) is 3.94. The number of ether oxygens (including phenoxy) is 1. The van der Waals surface area contributed by atoms with Crippen molar-refractivity contribution in [3.8, 4) is 5.75 Å². The molecule has 0 saturated carbocycles. The Morgan fingerprint density at radius 2 is 1.79 bits per heavy atom. The Morgan fingerprint density at radius 1 is 1.03 bits per heavy atom. The Labute approximate surface area is 193 Å². The number of hydrogen-bond donors (Lipinski definition) is 1. The molecule has 7 heteroatoms. The first-order valence-electron chi connectivity index (χ1n) is 11.4. The number of nitrogens with zero attached hydrogens (tertiary/aromatic N) is 2.